The van der Waals surface area contributed by atoms with Gasteiger partial charge in [0.25, 0.3) is 0 Å². The van der Waals surface area contributed by atoms with Crippen molar-refractivity contribution in [2.24, 2.45) is 0 Å². The highest BCUT2D eigenvalue weighted by Gasteiger charge is 1.99. The van der Waals surface area contributed by atoms with Gasteiger partial charge in [-0.15, -0.1) is 0 Å². The Morgan fingerprint density at radius 2 is 1.62 bits per heavy atom. The zero-order valence-corrected chi connectivity index (χ0v) is 10.5. The van der Waals surface area contributed by atoms with Gasteiger partial charge >= 0.3 is 0 Å². The first-order valence-electron chi connectivity index (χ1n) is 6.18. The monoisotopic (exact) mass is 228 g/mol. The third-order valence-electron chi connectivity index (χ3n) is 2.41. The Labute approximate surface area is 98.2 Å². The molecule has 0 radical (unpaired) electrons. The van der Waals surface area contributed by atoms with Crippen LogP contribution in [0.3, 0.4) is 0 Å². The summed E-state index contributed by atoms with van der Waals surface area (Å²) in [7, 11) is 1.66. The predicted molar refractivity (Wildman–Crippen MR) is 65.1 cm³/mol. The number of nitrogens with one attached hydrogen (secondary N) is 2. The molecule has 0 bridgehead atoms. The van der Waals surface area contributed by atoms with E-state index in [-0.39, 0.29) is 11.8 Å². The highest BCUT2D eigenvalue weighted by molar-refractivity contribution is 5.75. The average molecular weight is 228 g/mol. The molecule has 0 fully saturated rings. The van der Waals surface area contributed by atoms with Crippen molar-refractivity contribution >= 4 is 11.8 Å². The lowest BCUT2D eigenvalue weighted by Crippen LogP contribution is -2.23. The summed E-state index contributed by atoms with van der Waals surface area (Å²) < 4.78 is 0. The van der Waals surface area contributed by atoms with Gasteiger partial charge in [0, 0.05) is 26.4 Å². The Balaban J connectivity index is 3.15. The second-order valence-electron chi connectivity index (χ2n) is 3.94. The lowest BCUT2D eigenvalue weighted by atomic mass is 10.1. The Kier molecular flexibility index (Phi) is 9.76. The van der Waals surface area contributed by atoms with Crippen molar-refractivity contribution < 1.29 is 9.59 Å². The van der Waals surface area contributed by atoms with E-state index in [2.05, 4.69) is 10.6 Å². The maximum Gasteiger partial charge on any atom is 0.219 e. The molecule has 0 aromatic rings. The van der Waals surface area contributed by atoms with E-state index in [9.17, 15) is 9.59 Å². The summed E-state index contributed by atoms with van der Waals surface area (Å²) in [4.78, 5) is 22.0. The van der Waals surface area contributed by atoms with Gasteiger partial charge in [-0.05, 0) is 19.3 Å². The second-order valence-corrected chi connectivity index (χ2v) is 3.94. The quantitative estimate of drug-likeness (QED) is 0.589. The molecular weight excluding hydrogens is 204 g/mol. The van der Waals surface area contributed by atoms with Crippen molar-refractivity contribution in [3.63, 3.8) is 0 Å². The highest BCUT2D eigenvalue weighted by atomic mass is 16.2. The van der Waals surface area contributed by atoms with Crippen molar-refractivity contribution in [2.45, 2.75) is 51.9 Å². The molecule has 0 saturated heterocycles. The molecule has 0 aliphatic carbocycles. The van der Waals surface area contributed by atoms with E-state index >= 15 is 0 Å². The molecule has 0 aromatic heterocycles. The third kappa shape index (κ3) is 9.49. The summed E-state index contributed by atoms with van der Waals surface area (Å²) in [5, 5.41) is 5.48. The molecule has 2 amide bonds. The van der Waals surface area contributed by atoms with E-state index in [0.29, 0.717) is 12.8 Å². The smallest absolute Gasteiger partial charge is 0.219 e. The summed E-state index contributed by atoms with van der Waals surface area (Å²) in [5.41, 5.74) is 0. The van der Waals surface area contributed by atoms with Gasteiger partial charge in [-0.2, -0.15) is 0 Å². The maximum atomic E-state index is 11.1. The largest absolute Gasteiger partial charge is 0.359 e. The van der Waals surface area contributed by atoms with Gasteiger partial charge in [0.1, 0.15) is 0 Å². The normalized spacial score (nSPS) is 9.88. The van der Waals surface area contributed by atoms with Crippen molar-refractivity contribution in [3.05, 3.63) is 0 Å². The number of amides is 2. The van der Waals surface area contributed by atoms with E-state index in [1.807, 2.05) is 6.92 Å². The van der Waals surface area contributed by atoms with Crippen LogP contribution in [0.2, 0.25) is 0 Å². The van der Waals surface area contributed by atoms with Gasteiger partial charge in [-0.1, -0.05) is 19.8 Å². The highest BCUT2D eigenvalue weighted by Crippen LogP contribution is 2.02. The first-order chi connectivity index (χ1) is 7.70. The van der Waals surface area contributed by atoms with Crippen molar-refractivity contribution in [1.82, 2.24) is 10.6 Å². The maximum absolute atomic E-state index is 11.1. The molecule has 2 N–H and O–H groups in total. The SMILES string of the molecule is CCCC(=O)NCCCCCCC(=O)NC. The summed E-state index contributed by atoms with van der Waals surface area (Å²) in [5.74, 6) is 0.254. The molecule has 94 valence electrons. The number of hydrogen-bond donors (Lipinski definition) is 2. The number of unbranched alkanes of at least 4 members (excludes halogenated alkanes) is 3. The van der Waals surface area contributed by atoms with Crippen LogP contribution in [0.5, 0.6) is 0 Å². The van der Waals surface area contributed by atoms with E-state index < -0.39 is 0 Å². The summed E-state index contributed by atoms with van der Waals surface area (Å²) in [6.07, 6.45) is 6.19. The predicted octanol–water partition coefficient (Wildman–Crippen LogP) is 1.60. The zero-order valence-electron chi connectivity index (χ0n) is 10.5. The molecule has 0 spiro atoms. The van der Waals surface area contributed by atoms with Crippen molar-refractivity contribution in [1.29, 1.82) is 0 Å². The van der Waals surface area contributed by atoms with Crippen LogP contribution in [0.25, 0.3) is 0 Å². The second kappa shape index (κ2) is 10.5. The zero-order chi connectivity index (χ0) is 12.2. The Morgan fingerprint density at radius 3 is 2.25 bits per heavy atom. The average Bonchev–Trinajstić information content (AvgIpc) is 2.27. The molecule has 4 heteroatoms. The van der Waals surface area contributed by atoms with E-state index in [1.165, 1.54) is 0 Å². The minimum Gasteiger partial charge on any atom is -0.359 e. The standard InChI is InChI=1S/C12H24N2O2/c1-3-8-12(16)14-10-7-5-4-6-9-11(15)13-2/h3-10H2,1-2H3,(H,13,15)(H,14,16). The summed E-state index contributed by atoms with van der Waals surface area (Å²) in [6.45, 7) is 2.76. The van der Waals surface area contributed by atoms with E-state index in [4.69, 9.17) is 0 Å². The van der Waals surface area contributed by atoms with Crippen LogP contribution < -0.4 is 10.6 Å². The Morgan fingerprint density at radius 1 is 0.938 bits per heavy atom. The van der Waals surface area contributed by atoms with Crippen molar-refractivity contribution in [2.75, 3.05) is 13.6 Å². The molecule has 0 saturated carbocycles. The molecule has 16 heavy (non-hydrogen) atoms. The summed E-state index contributed by atoms with van der Waals surface area (Å²) >= 11 is 0. The van der Waals surface area contributed by atoms with Crippen LogP contribution in [-0.4, -0.2) is 25.4 Å². The van der Waals surface area contributed by atoms with Crippen LogP contribution >= 0.6 is 0 Å². The molecular formula is C12H24N2O2. The molecule has 0 heterocycles. The number of hydrogen-bond acceptors (Lipinski definition) is 2. The molecule has 0 aliphatic rings. The van der Waals surface area contributed by atoms with Gasteiger partial charge in [0.15, 0.2) is 0 Å². The lowest BCUT2D eigenvalue weighted by molar-refractivity contribution is -0.121. The lowest BCUT2D eigenvalue weighted by Gasteiger charge is -2.04. The van der Waals surface area contributed by atoms with Crippen LogP contribution in [-0.2, 0) is 9.59 Å². The first-order valence-corrected chi connectivity index (χ1v) is 6.18. The third-order valence-corrected chi connectivity index (χ3v) is 2.41. The van der Waals surface area contributed by atoms with E-state index in [0.717, 1.165) is 38.6 Å². The minimum atomic E-state index is 0.108. The molecule has 0 aliphatic heterocycles. The minimum absolute atomic E-state index is 0.108. The molecule has 0 aromatic carbocycles. The van der Waals surface area contributed by atoms with Crippen LogP contribution in [0, 0.1) is 0 Å². The first kappa shape index (κ1) is 14.9. The fourth-order valence-corrected chi connectivity index (χ4v) is 1.43. The summed E-state index contributed by atoms with van der Waals surface area (Å²) in [6, 6.07) is 0. The fraction of sp³-hybridized carbons (Fsp3) is 0.833. The van der Waals surface area contributed by atoms with E-state index in [1.54, 1.807) is 7.05 Å². The Hall–Kier alpha value is -1.06. The molecule has 4 nitrogen and oxygen atoms in total. The van der Waals surface area contributed by atoms with Crippen LogP contribution in [0.4, 0.5) is 0 Å². The number of carbonyl (C=O) groups is 2. The van der Waals surface area contributed by atoms with Crippen LogP contribution in [0.1, 0.15) is 51.9 Å². The van der Waals surface area contributed by atoms with Gasteiger partial charge in [0.2, 0.25) is 11.8 Å². The van der Waals surface area contributed by atoms with Gasteiger partial charge in [-0.25, -0.2) is 0 Å². The number of carbonyl (C=O) groups excluding carboxylic acids is 2. The molecule has 0 rings (SSSR count). The van der Waals surface area contributed by atoms with Crippen molar-refractivity contribution in [3.8, 4) is 0 Å². The fourth-order valence-electron chi connectivity index (χ4n) is 1.43. The Bertz CT molecular complexity index is 205. The van der Waals surface area contributed by atoms with Crippen LogP contribution in [0.15, 0.2) is 0 Å². The van der Waals surface area contributed by atoms with Gasteiger partial charge < -0.3 is 10.6 Å². The van der Waals surface area contributed by atoms with Gasteiger partial charge in [0.05, 0.1) is 0 Å². The number of rotatable bonds is 9. The van der Waals surface area contributed by atoms with Gasteiger partial charge in [-0.3, -0.25) is 9.59 Å². The topological polar surface area (TPSA) is 58.2 Å². The molecule has 0 atom stereocenters. The molecule has 0 unspecified atom stereocenters.